The zero-order valence-electron chi connectivity index (χ0n) is 31.4. The molecule has 9 aromatic rings. The lowest BCUT2D eigenvalue weighted by Gasteiger charge is -2.34. The lowest BCUT2D eigenvalue weighted by Crippen LogP contribution is -2.57. The van der Waals surface area contributed by atoms with Crippen LogP contribution in [0.1, 0.15) is 74.6 Å². The molecular formula is C50H41BN2O. The fourth-order valence-corrected chi connectivity index (χ4v) is 9.84. The van der Waals surface area contributed by atoms with E-state index in [9.17, 15) is 0 Å². The molecule has 7 aromatic carbocycles. The van der Waals surface area contributed by atoms with Crippen molar-refractivity contribution >= 4 is 66.7 Å². The van der Waals surface area contributed by atoms with Gasteiger partial charge in [0.05, 0.1) is 22.1 Å². The SMILES string of the molecule is CC(C)c1cc(C(C)C)c2c(c1)C(C)c1cccc3c4ccccc4n(c13)-c1ccc3c(c1)B2c1cc(-n2c4ccccc4c4ccccc42)ccc1O3. The Bertz CT molecular complexity index is 2960. The first-order valence-electron chi connectivity index (χ1n) is 19.5. The first-order chi connectivity index (χ1) is 26.4. The van der Waals surface area contributed by atoms with Crippen LogP contribution in [0.25, 0.3) is 55.0 Å². The average molecular weight is 697 g/mol. The third kappa shape index (κ3) is 4.31. The number of ether oxygens (including phenoxy) is 1. The number of rotatable bonds is 3. The van der Waals surface area contributed by atoms with Crippen molar-refractivity contribution in [2.75, 3.05) is 0 Å². The van der Waals surface area contributed by atoms with Crippen molar-refractivity contribution in [2.45, 2.75) is 52.4 Å². The molecule has 3 nitrogen and oxygen atoms in total. The second-order valence-corrected chi connectivity index (χ2v) is 16.1. The van der Waals surface area contributed by atoms with Crippen LogP contribution in [-0.4, -0.2) is 15.8 Å². The summed E-state index contributed by atoms with van der Waals surface area (Å²) >= 11 is 0. The van der Waals surface area contributed by atoms with Gasteiger partial charge in [-0.15, -0.1) is 0 Å². The minimum atomic E-state index is -0.0321. The molecule has 2 aromatic heterocycles. The first kappa shape index (κ1) is 31.5. The molecule has 1 unspecified atom stereocenters. The van der Waals surface area contributed by atoms with Gasteiger partial charge in [-0.1, -0.05) is 125 Å². The highest BCUT2D eigenvalue weighted by molar-refractivity contribution is 6.97. The molecule has 4 heterocycles. The fourth-order valence-electron chi connectivity index (χ4n) is 9.84. The van der Waals surface area contributed by atoms with Crippen LogP contribution in [0.2, 0.25) is 0 Å². The number of hydrogen-bond donors (Lipinski definition) is 0. The van der Waals surface area contributed by atoms with Crippen LogP contribution in [0.3, 0.4) is 0 Å². The van der Waals surface area contributed by atoms with Crippen molar-refractivity contribution < 1.29 is 4.74 Å². The van der Waals surface area contributed by atoms with Gasteiger partial charge in [-0.2, -0.15) is 0 Å². The van der Waals surface area contributed by atoms with E-state index in [4.69, 9.17) is 4.74 Å². The lowest BCUT2D eigenvalue weighted by molar-refractivity contribution is 0.487. The summed E-state index contributed by atoms with van der Waals surface area (Å²) in [5.74, 6) is 2.73. The second kappa shape index (κ2) is 11.5. The molecule has 0 saturated carbocycles. The molecule has 0 radical (unpaired) electrons. The standard InChI is InChI=1S/C50H41BN2O/c1-29(2)32-25-40(30(3)4)49-41(26-32)31(5)35-16-12-17-39-38-15-8-11-20-46(38)53(50(35)39)34-22-24-48-43(28-34)51(49)42-27-33(21-23-47(42)54-48)52-44-18-9-6-13-36(44)37-14-7-10-19-45(37)52/h6-31H,1-5H3. The number of para-hydroxylation sites is 4. The van der Waals surface area contributed by atoms with E-state index in [0.29, 0.717) is 11.8 Å². The molecule has 4 heteroatoms. The van der Waals surface area contributed by atoms with Crippen LogP contribution in [0.15, 0.2) is 140 Å². The third-order valence-corrected chi connectivity index (χ3v) is 12.4. The second-order valence-electron chi connectivity index (χ2n) is 16.1. The molecule has 0 saturated heterocycles. The highest BCUT2D eigenvalue weighted by Crippen LogP contribution is 2.41. The summed E-state index contributed by atoms with van der Waals surface area (Å²) in [4.78, 5) is 0. The van der Waals surface area contributed by atoms with Gasteiger partial charge >= 0.3 is 0 Å². The van der Waals surface area contributed by atoms with E-state index in [1.54, 1.807) is 0 Å². The van der Waals surface area contributed by atoms with Gasteiger partial charge < -0.3 is 13.9 Å². The van der Waals surface area contributed by atoms with Gasteiger partial charge in [0.2, 0.25) is 0 Å². The van der Waals surface area contributed by atoms with Gasteiger partial charge in [-0.25, -0.2) is 0 Å². The van der Waals surface area contributed by atoms with Crippen molar-refractivity contribution in [1.29, 1.82) is 0 Å². The molecule has 0 fully saturated rings. The molecule has 2 bridgehead atoms. The van der Waals surface area contributed by atoms with Crippen LogP contribution in [-0.2, 0) is 0 Å². The molecule has 0 aliphatic carbocycles. The summed E-state index contributed by atoms with van der Waals surface area (Å²) in [6.45, 7) is 11.8. The number of hydrogen-bond acceptors (Lipinski definition) is 1. The Morgan fingerprint density at radius 1 is 0.519 bits per heavy atom. The van der Waals surface area contributed by atoms with Crippen molar-refractivity contribution in [2.24, 2.45) is 0 Å². The maximum Gasteiger partial charge on any atom is 0.251 e. The maximum atomic E-state index is 6.95. The van der Waals surface area contributed by atoms with E-state index in [1.165, 1.54) is 87.9 Å². The fraction of sp³-hybridized carbons (Fsp3) is 0.160. The van der Waals surface area contributed by atoms with Crippen molar-refractivity contribution in [3.8, 4) is 22.9 Å². The van der Waals surface area contributed by atoms with Crippen LogP contribution >= 0.6 is 0 Å². The molecule has 2 aliphatic rings. The summed E-state index contributed by atoms with van der Waals surface area (Å²) in [6.07, 6.45) is 0. The molecule has 0 amide bonds. The highest BCUT2D eigenvalue weighted by atomic mass is 16.5. The quantitative estimate of drug-likeness (QED) is 0.168. The van der Waals surface area contributed by atoms with E-state index in [1.807, 2.05) is 0 Å². The van der Waals surface area contributed by atoms with E-state index in [-0.39, 0.29) is 12.6 Å². The number of nitrogens with zero attached hydrogens (tertiary/aromatic N) is 2. The molecular weight excluding hydrogens is 655 g/mol. The minimum Gasteiger partial charge on any atom is -0.458 e. The summed E-state index contributed by atoms with van der Waals surface area (Å²) in [5.41, 5.74) is 16.7. The van der Waals surface area contributed by atoms with E-state index < -0.39 is 0 Å². The van der Waals surface area contributed by atoms with Crippen LogP contribution in [0, 0.1) is 0 Å². The lowest BCUT2D eigenvalue weighted by atomic mass is 9.33. The van der Waals surface area contributed by atoms with E-state index in [2.05, 4.69) is 183 Å². The van der Waals surface area contributed by atoms with Crippen LogP contribution < -0.4 is 21.1 Å². The van der Waals surface area contributed by atoms with Gasteiger partial charge in [-0.3, -0.25) is 0 Å². The Morgan fingerprint density at radius 2 is 1.06 bits per heavy atom. The van der Waals surface area contributed by atoms with Crippen molar-refractivity contribution in [1.82, 2.24) is 9.13 Å². The van der Waals surface area contributed by atoms with Gasteiger partial charge in [0, 0.05) is 38.8 Å². The van der Waals surface area contributed by atoms with E-state index in [0.717, 1.165) is 17.2 Å². The largest absolute Gasteiger partial charge is 0.458 e. The molecule has 260 valence electrons. The number of fused-ring (bicyclic) bond motifs is 12. The predicted octanol–water partition coefficient (Wildman–Crippen LogP) is 11.2. The monoisotopic (exact) mass is 696 g/mol. The van der Waals surface area contributed by atoms with Crippen LogP contribution in [0.4, 0.5) is 0 Å². The molecule has 0 spiro atoms. The number of benzene rings is 7. The summed E-state index contributed by atoms with van der Waals surface area (Å²) in [6, 6.07) is 52.2. The molecule has 11 rings (SSSR count). The van der Waals surface area contributed by atoms with Gasteiger partial charge in [0.1, 0.15) is 11.5 Å². The smallest absolute Gasteiger partial charge is 0.251 e. The topological polar surface area (TPSA) is 19.1 Å². The van der Waals surface area contributed by atoms with Crippen molar-refractivity contribution in [3.63, 3.8) is 0 Å². The van der Waals surface area contributed by atoms with Crippen molar-refractivity contribution in [3.05, 3.63) is 162 Å². The Labute approximate surface area is 316 Å². The van der Waals surface area contributed by atoms with Crippen LogP contribution in [0.5, 0.6) is 11.5 Å². The summed E-state index contributed by atoms with van der Waals surface area (Å²) in [5, 5.41) is 5.11. The Morgan fingerprint density at radius 3 is 1.65 bits per heavy atom. The molecule has 54 heavy (non-hydrogen) atoms. The Balaban J connectivity index is 1.28. The summed E-state index contributed by atoms with van der Waals surface area (Å²) in [7, 11) is 0. The van der Waals surface area contributed by atoms with Gasteiger partial charge in [0.15, 0.2) is 0 Å². The molecule has 1 atom stereocenters. The maximum absolute atomic E-state index is 6.95. The average Bonchev–Trinajstić information content (AvgIpc) is 3.72. The molecule has 2 aliphatic heterocycles. The Hall–Kier alpha value is -6.00. The van der Waals surface area contributed by atoms with E-state index >= 15 is 0 Å². The summed E-state index contributed by atoms with van der Waals surface area (Å²) < 4.78 is 11.9. The minimum absolute atomic E-state index is 0.0321. The highest BCUT2D eigenvalue weighted by Gasteiger charge is 2.39. The zero-order chi connectivity index (χ0) is 36.4. The van der Waals surface area contributed by atoms with Gasteiger partial charge in [0.25, 0.3) is 6.71 Å². The zero-order valence-corrected chi connectivity index (χ0v) is 31.4. The predicted molar refractivity (Wildman–Crippen MR) is 228 cm³/mol. The first-order valence-corrected chi connectivity index (χ1v) is 19.5. The third-order valence-electron chi connectivity index (χ3n) is 12.4. The van der Waals surface area contributed by atoms with Gasteiger partial charge in [-0.05, 0) is 99.6 Å². The number of aromatic nitrogens is 2. The Kier molecular flexibility index (Phi) is 6.71. The normalized spacial score (nSPS) is 14.6. The molecule has 0 N–H and O–H groups in total.